The molecule has 4 rings (SSSR count). The number of aromatic nitrogens is 3. The number of benzene rings is 1. The number of carbonyl (C=O) groups is 1. The second-order valence-corrected chi connectivity index (χ2v) is 7.41. The minimum absolute atomic E-state index is 0.00759. The molecule has 0 aliphatic heterocycles. The molecule has 2 aromatic heterocycles. The summed E-state index contributed by atoms with van der Waals surface area (Å²) in [6, 6.07) is 8.01. The van der Waals surface area contributed by atoms with E-state index >= 15 is 0 Å². The molecule has 0 bridgehead atoms. The molecule has 136 valence electrons. The number of nitrogens with zero attached hydrogens (tertiary/aromatic N) is 2. The van der Waals surface area contributed by atoms with E-state index in [2.05, 4.69) is 22.2 Å². The maximum atomic E-state index is 12.7. The molecule has 6 nitrogen and oxygen atoms in total. The van der Waals surface area contributed by atoms with Crippen LogP contribution < -0.4 is 10.9 Å². The maximum Gasteiger partial charge on any atom is 0.277 e. The summed E-state index contributed by atoms with van der Waals surface area (Å²) in [6.45, 7) is 2.60. The van der Waals surface area contributed by atoms with Crippen molar-refractivity contribution >= 4 is 27.8 Å². The van der Waals surface area contributed by atoms with Crippen molar-refractivity contribution < 1.29 is 4.79 Å². The van der Waals surface area contributed by atoms with E-state index in [1.807, 2.05) is 24.3 Å². The van der Waals surface area contributed by atoms with Crippen LogP contribution in [0.1, 0.15) is 39.0 Å². The summed E-state index contributed by atoms with van der Waals surface area (Å²) < 4.78 is 1.51. The van der Waals surface area contributed by atoms with Crippen molar-refractivity contribution in [2.45, 2.75) is 51.6 Å². The van der Waals surface area contributed by atoms with Crippen LogP contribution in [0.2, 0.25) is 0 Å². The number of para-hydroxylation sites is 1. The van der Waals surface area contributed by atoms with Gasteiger partial charge in [-0.05, 0) is 37.7 Å². The Morgan fingerprint density at radius 3 is 2.85 bits per heavy atom. The molecule has 1 amide bonds. The first-order valence-corrected chi connectivity index (χ1v) is 9.37. The quantitative estimate of drug-likeness (QED) is 0.757. The largest absolute Gasteiger partial charge is 0.353 e. The number of nitrogens with one attached hydrogen (secondary N) is 2. The van der Waals surface area contributed by atoms with Crippen LogP contribution in [0.15, 0.2) is 35.4 Å². The summed E-state index contributed by atoms with van der Waals surface area (Å²) in [4.78, 5) is 32.5. The number of aromatic amines is 1. The lowest BCUT2D eigenvalue weighted by Gasteiger charge is -2.26. The van der Waals surface area contributed by atoms with Gasteiger partial charge in [0.1, 0.15) is 11.0 Å². The van der Waals surface area contributed by atoms with E-state index in [0.717, 1.165) is 29.7 Å². The number of H-pyrrole nitrogens is 1. The zero-order valence-electron chi connectivity index (χ0n) is 15.0. The van der Waals surface area contributed by atoms with Crippen LogP contribution in [-0.4, -0.2) is 26.5 Å². The number of hydrogen-bond donors (Lipinski definition) is 2. The highest BCUT2D eigenvalue weighted by Crippen LogP contribution is 2.23. The van der Waals surface area contributed by atoms with E-state index < -0.39 is 0 Å². The summed E-state index contributed by atoms with van der Waals surface area (Å²) in [7, 11) is 0. The van der Waals surface area contributed by atoms with E-state index in [9.17, 15) is 9.59 Å². The van der Waals surface area contributed by atoms with Crippen molar-refractivity contribution in [2.75, 3.05) is 0 Å². The standard InChI is InChI=1S/C20H24N4O2/c1-13-6-8-14(9-7-13)22-17(25)10-11-24-12-21-18-15-4-2-3-5-16(15)23-19(18)20(24)26/h2-5,12-14,23H,6-11H2,1H3,(H,22,25). The Bertz CT molecular complexity index is 996. The Morgan fingerprint density at radius 2 is 2.04 bits per heavy atom. The van der Waals surface area contributed by atoms with E-state index in [1.165, 1.54) is 17.4 Å². The topological polar surface area (TPSA) is 79.8 Å². The average molecular weight is 352 g/mol. The van der Waals surface area contributed by atoms with Crippen molar-refractivity contribution in [2.24, 2.45) is 5.92 Å². The third-order valence-corrected chi connectivity index (χ3v) is 5.44. The minimum Gasteiger partial charge on any atom is -0.353 e. The van der Waals surface area contributed by atoms with Crippen molar-refractivity contribution in [1.29, 1.82) is 0 Å². The lowest BCUT2D eigenvalue weighted by atomic mass is 9.87. The molecule has 0 radical (unpaired) electrons. The predicted molar refractivity (Wildman–Crippen MR) is 102 cm³/mol. The third kappa shape index (κ3) is 3.23. The fraction of sp³-hybridized carbons (Fsp3) is 0.450. The molecule has 6 heteroatoms. The molecular formula is C20H24N4O2. The molecule has 2 heterocycles. The van der Waals surface area contributed by atoms with Crippen LogP contribution in [0.3, 0.4) is 0 Å². The van der Waals surface area contributed by atoms with Gasteiger partial charge >= 0.3 is 0 Å². The number of rotatable bonds is 4. The number of fused-ring (bicyclic) bond motifs is 3. The van der Waals surface area contributed by atoms with Gasteiger partial charge in [0.25, 0.3) is 5.56 Å². The van der Waals surface area contributed by atoms with Gasteiger partial charge in [0, 0.05) is 29.9 Å². The second kappa shape index (κ2) is 6.94. The fourth-order valence-electron chi connectivity index (χ4n) is 3.83. The maximum absolute atomic E-state index is 12.7. The van der Waals surface area contributed by atoms with Crippen molar-refractivity contribution in [1.82, 2.24) is 19.9 Å². The highest BCUT2D eigenvalue weighted by Gasteiger charge is 2.19. The lowest BCUT2D eigenvalue weighted by Crippen LogP contribution is -2.38. The van der Waals surface area contributed by atoms with E-state index in [4.69, 9.17) is 0 Å². The Labute approximate surface area is 151 Å². The number of hydrogen-bond acceptors (Lipinski definition) is 3. The van der Waals surface area contributed by atoms with Gasteiger partial charge in [-0.2, -0.15) is 0 Å². The van der Waals surface area contributed by atoms with Gasteiger partial charge < -0.3 is 10.3 Å². The highest BCUT2D eigenvalue weighted by atomic mass is 16.2. The lowest BCUT2D eigenvalue weighted by molar-refractivity contribution is -0.122. The smallest absolute Gasteiger partial charge is 0.277 e. The average Bonchev–Trinajstić information content (AvgIpc) is 3.03. The SMILES string of the molecule is CC1CCC(NC(=O)CCn2cnc3c([nH]c4ccccc43)c2=O)CC1. The van der Waals surface area contributed by atoms with Crippen LogP contribution in [0.25, 0.3) is 21.9 Å². The Kier molecular flexibility index (Phi) is 4.49. The Hall–Kier alpha value is -2.63. The molecular weight excluding hydrogens is 328 g/mol. The first kappa shape index (κ1) is 16.8. The molecule has 26 heavy (non-hydrogen) atoms. The molecule has 0 saturated heterocycles. The molecule has 1 aliphatic carbocycles. The van der Waals surface area contributed by atoms with Gasteiger partial charge in [0.05, 0.1) is 6.33 Å². The summed E-state index contributed by atoms with van der Waals surface area (Å²) in [5, 5.41) is 4.05. The molecule has 0 atom stereocenters. The van der Waals surface area contributed by atoms with Crippen LogP contribution in [-0.2, 0) is 11.3 Å². The normalized spacial score (nSPS) is 20.5. The van der Waals surface area contributed by atoms with Crippen molar-refractivity contribution in [3.63, 3.8) is 0 Å². The van der Waals surface area contributed by atoms with Gasteiger partial charge in [-0.25, -0.2) is 4.98 Å². The monoisotopic (exact) mass is 352 g/mol. The van der Waals surface area contributed by atoms with E-state index in [1.54, 1.807) is 6.33 Å². The second-order valence-electron chi connectivity index (χ2n) is 7.41. The zero-order chi connectivity index (χ0) is 18.1. The van der Waals surface area contributed by atoms with E-state index in [-0.39, 0.29) is 17.5 Å². The third-order valence-electron chi connectivity index (χ3n) is 5.44. The Balaban J connectivity index is 1.45. The highest BCUT2D eigenvalue weighted by molar-refractivity contribution is 6.04. The molecule has 1 aliphatic rings. The molecule has 2 N–H and O–H groups in total. The summed E-state index contributed by atoms with van der Waals surface area (Å²) in [5.41, 5.74) is 1.94. The number of amides is 1. The predicted octanol–water partition coefficient (Wildman–Crippen LogP) is 2.96. The van der Waals surface area contributed by atoms with Gasteiger partial charge in [-0.1, -0.05) is 25.1 Å². The summed E-state index contributed by atoms with van der Waals surface area (Å²) in [6.07, 6.45) is 6.28. The fourth-order valence-corrected chi connectivity index (χ4v) is 3.83. The molecule has 0 unspecified atom stereocenters. The molecule has 0 spiro atoms. The van der Waals surface area contributed by atoms with Gasteiger partial charge in [0.2, 0.25) is 5.91 Å². The van der Waals surface area contributed by atoms with Crippen LogP contribution in [0.5, 0.6) is 0 Å². The number of carbonyl (C=O) groups excluding carboxylic acids is 1. The van der Waals surface area contributed by atoms with Gasteiger partial charge in [0.15, 0.2) is 0 Å². The minimum atomic E-state index is -0.134. The van der Waals surface area contributed by atoms with Crippen molar-refractivity contribution in [3.8, 4) is 0 Å². The molecule has 1 aromatic carbocycles. The van der Waals surface area contributed by atoms with E-state index in [0.29, 0.717) is 24.0 Å². The van der Waals surface area contributed by atoms with Crippen LogP contribution in [0, 0.1) is 5.92 Å². The zero-order valence-corrected chi connectivity index (χ0v) is 15.0. The first-order valence-electron chi connectivity index (χ1n) is 9.37. The molecule has 3 aromatic rings. The first-order chi connectivity index (χ1) is 12.6. The summed E-state index contributed by atoms with van der Waals surface area (Å²) >= 11 is 0. The van der Waals surface area contributed by atoms with Crippen LogP contribution in [0.4, 0.5) is 0 Å². The number of aryl methyl sites for hydroxylation is 1. The Morgan fingerprint density at radius 1 is 1.27 bits per heavy atom. The molecule has 1 fully saturated rings. The van der Waals surface area contributed by atoms with Crippen molar-refractivity contribution in [3.05, 3.63) is 40.9 Å². The van der Waals surface area contributed by atoms with Gasteiger partial charge in [-0.3, -0.25) is 14.2 Å². The van der Waals surface area contributed by atoms with Crippen LogP contribution >= 0.6 is 0 Å². The van der Waals surface area contributed by atoms with Gasteiger partial charge in [-0.15, -0.1) is 0 Å². The molecule has 1 saturated carbocycles. The summed E-state index contributed by atoms with van der Waals surface area (Å²) in [5.74, 6) is 0.768.